The second kappa shape index (κ2) is 12.5. The van der Waals surface area contributed by atoms with Gasteiger partial charge in [-0.25, -0.2) is 4.39 Å². The minimum Gasteiger partial charge on any atom is -0.205 e. The third-order valence-corrected chi connectivity index (χ3v) is 12.5. The van der Waals surface area contributed by atoms with Crippen LogP contribution in [0.5, 0.6) is 0 Å². The zero-order valence-electron chi connectivity index (χ0n) is 20.5. The van der Waals surface area contributed by atoms with Gasteiger partial charge in [-0.05, 0) is 72.3 Å². The molecule has 0 aromatic heterocycles. The van der Waals surface area contributed by atoms with Crippen LogP contribution in [0.4, 0.5) is 4.39 Å². The summed E-state index contributed by atoms with van der Waals surface area (Å²) in [6, 6.07) is 18.8. The Kier molecular flexibility index (Phi) is 9.50. The lowest BCUT2D eigenvalue weighted by Crippen LogP contribution is -2.22. The van der Waals surface area contributed by atoms with Gasteiger partial charge in [-0.1, -0.05) is 112 Å². The fourth-order valence-corrected chi connectivity index (χ4v) is 10.1. The Morgan fingerprint density at radius 1 is 0.818 bits per heavy atom. The quantitative estimate of drug-likeness (QED) is 0.245. The van der Waals surface area contributed by atoms with E-state index in [0.717, 1.165) is 23.0 Å². The van der Waals surface area contributed by atoms with Crippen LogP contribution in [0.3, 0.4) is 0 Å². The van der Waals surface area contributed by atoms with Crippen LogP contribution < -0.4 is 0 Å². The van der Waals surface area contributed by atoms with E-state index in [4.69, 9.17) is 11.6 Å². The Morgan fingerprint density at radius 3 is 2.09 bits per heavy atom. The molecule has 1 aliphatic carbocycles. The van der Waals surface area contributed by atoms with Gasteiger partial charge in [0.25, 0.3) is 0 Å². The van der Waals surface area contributed by atoms with E-state index in [1.54, 1.807) is 37.0 Å². The zero-order chi connectivity index (χ0) is 23.0. The van der Waals surface area contributed by atoms with Crippen LogP contribution in [-0.4, -0.2) is 8.80 Å². The van der Waals surface area contributed by atoms with Crippen molar-refractivity contribution in [3.05, 3.63) is 58.9 Å². The van der Waals surface area contributed by atoms with Crippen LogP contribution in [0.15, 0.2) is 42.5 Å². The average Bonchev–Trinajstić information content (AvgIpc) is 2.86. The minimum atomic E-state index is -0.352. The molecule has 2 aromatic carbocycles. The van der Waals surface area contributed by atoms with Gasteiger partial charge in [-0.3, -0.25) is 0 Å². The van der Waals surface area contributed by atoms with E-state index < -0.39 is 0 Å². The van der Waals surface area contributed by atoms with Crippen LogP contribution in [0.25, 0.3) is 11.1 Å². The smallest absolute Gasteiger partial charge is 0.142 e. The number of benzene rings is 2. The van der Waals surface area contributed by atoms with Crippen molar-refractivity contribution in [3.63, 3.8) is 0 Å². The Bertz CT molecular complexity index is 848. The predicted molar refractivity (Wildman–Crippen MR) is 145 cm³/mol. The Hall–Kier alpha value is -1.12. The van der Waals surface area contributed by atoms with E-state index in [0.29, 0.717) is 5.92 Å². The Labute approximate surface area is 207 Å². The number of unbranched alkanes of at least 4 members (excludes halogenated alkanes) is 2. The summed E-state index contributed by atoms with van der Waals surface area (Å²) in [4.78, 5) is 0. The van der Waals surface area contributed by atoms with Gasteiger partial charge in [0.05, 0.1) is 5.02 Å². The van der Waals surface area contributed by atoms with Crippen LogP contribution in [0.1, 0.15) is 89.0 Å². The van der Waals surface area contributed by atoms with Gasteiger partial charge in [-0.2, -0.15) is 0 Å². The average molecular weight is 485 g/mol. The molecule has 180 valence electrons. The summed E-state index contributed by atoms with van der Waals surface area (Å²) >= 11 is 5.83. The van der Waals surface area contributed by atoms with Crippen LogP contribution in [0, 0.1) is 17.7 Å². The SMILES string of the molecule is CCCCC[Si@H]1CC[C@H](CC[C@H]2CC[C@H](c3ccc(-c4ccc(Cl)c(F)c4)cc3)CC2)CC1. The molecule has 1 aliphatic heterocycles. The molecule has 2 fully saturated rings. The highest BCUT2D eigenvalue weighted by atomic mass is 35.5. The molecule has 0 atom stereocenters. The summed E-state index contributed by atoms with van der Waals surface area (Å²) in [6.45, 7) is 2.33. The molecule has 2 aromatic rings. The third kappa shape index (κ3) is 7.18. The van der Waals surface area contributed by atoms with E-state index in [9.17, 15) is 4.39 Å². The largest absolute Gasteiger partial charge is 0.205 e. The lowest BCUT2D eigenvalue weighted by Gasteiger charge is -2.32. The molecule has 0 radical (unpaired) electrons. The highest BCUT2D eigenvalue weighted by molar-refractivity contribution is 6.58. The van der Waals surface area contributed by atoms with E-state index >= 15 is 0 Å². The molecule has 0 bridgehead atoms. The summed E-state index contributed by atoms with van der Waals surface area (Å²) < 4.78 is 13.8. The molecule has 1 heterocycles. The highest BCUT2D eigenvalue weighted by Gasteiger charge is 2.25. The number of halogens is 2. The summed E-state index contributed by atoms with van der Waals surface area (Å²) in [7, 11) is -0.352. The van der Waals surface area contributed by atoms with Crippen molar-refractivity contribution in [1.82, 2.24) is 0 Å². The molecule has 0 N–H and O–H groups in total. The van der Waals surface area contributed by atoms with Crippen molar-refractivity contribution in [2.45, 2.75) is 102 Å². The maximum Gasteiger partial charge on any atom is 0.142 e. The second-order valence-electron chi connectivity index (χ2n) is 10.9. The highest BCUT2D eigenvalue weighted by Crippen LogP contribution is 2.40. The first-order valence-electron chi connectivity index (χ1n) is 13.7. The van der Waals surface area contributed by atoms with Crippen molar-refractivity contribution >= 4 is 20.4 Å². The van der Waals surface area contributed by atoms with Gasteiger partial charge in [-0.15, -0.1) is 0 Å². The van der Waals surface area contributed by atoms with Crippen LogP contribution in [0.2, 0.25) is 23.2 Å². The Morgan fingerprint density at radius 2 is 1.45 bits per heavy atom. The van der Waals surface area contributed by atoms with Crippen molar-refractivity contribution in [3.8, 4) is 11.1 Å². The summed E-state index contributed by atoms with van der Waals surface area (Å²) in [5, 5.41) is 0.184. The molecule has 1 saturated carbocycles. The van der Waals surface area contributed by atoms with Crippen molar-refractivity contribution in [2.75, 3.05) is 0 Å². The topological polar surface area (TPSA) is 0 Å². The molecular formula is C30H42ClFSi. The molecule has 0 unspecified atom stereocenters. The minimum absolute atomic E-state index is 0.184. The van der Waals surface area contributed by atoms with Gasteiger partial charge >= 0.3 is 0 Å². The van der Waals surface area contributed by atoms with E-state index in [-0.39, 0.29) is 19.6 Å². The summed E-state index contributed by atoms with van der Waals surface area (Å²) in [5.41, 5.74) is 3.41. The lowest BCUT2D eigenvalue weighted by molar-refractivity contribution is 0.280. The molecule has 0 spiro atoms. The van der Waals surface area contributed by atoms with Gasteiger partial charge in [0.15, 0.2) is 0 Å². The fraction of sp³-hybridized carbons (Fsp3) is 0.600. The molecule has 0 amide bonds. The van der Waals surface area contributed by atoms with E-state index in [2.05, 4.69) is 31.2 Å². The van der Waals surface area contributed by atoms with Gasteiger partial charge in [0.2, 0.25) is 0 Å². The van der Waals surface area contributed by atoms with Crippen LogP contribution >= 0.6 is 11.6 Å². The molecule has 2 aliphatic rings. The van der Waals surface area contributed by atoms with Crippen LogP contribution in [-0.2, 0) is 0 Å². The first-order chi connectivity index (χ1) is 16.1. The first-order valence-corrected chi connectivity index (χ1v) is 16.5. The second-order valence-corrected chi connectivity index (χ2v) is 14.8. The molecule has 4 rings (SSSR count). The summed E-state index contributed by atoms with van der Waals surface area (Å²) in [6.07, 6.45) is 15.9. The number of hydrogen-bond donors (Lipinski definition) is 0. The molecular weight excluding hydrogens is 443 g/mol. The maximum atomic E-state index is 13.8. The summed E-state index contributed by atoms with van der Waals surface area (Å²) in [5.74, 6) is 2.35. The molecule has 33 heavy (non-hydrogen) atoms. The van der Waals surface area contributed by atoms with Crippen molar-refractivity contribution in [2.24, 2.45) is 11.8 Å². The van der Waals surface area contributed by atoms with E-state index in [1.807, 2.05) is 6.07 Å². The normalized spacial score (nSPS) is 25.8. The lowest BCUT2D eigenvalue weighted by atomic mass is 9.76. The third-order valence-electron chi connectivity index (χ3n) is 8.65. The molecule has 0 nitrogen and oxygen atoms in total. The predicted octanol–water partition coefficient (Wildman–Crippen LogP) is 10.0. The fourth-order valence-electron chi connectivity index (χ4n) is 6.37. The van der Waals surface area contributed by atoms with Gasteiger partial charge < -0.3 is 0 Å². The number of rotatable bonds is 9. The standard InChI is InChI=1S/C30H42ClFSi/c1-2-3-4-19-33-20-17-24(18-21-33)6-5-23-7-9-25(10-8-23)26-11-13-27(14-12-26)28-15-16-29(31)30(32)22-28/h11-16,22-25,33H,2-10,17-21H2,1H3/t23-,24-,25-,33-. The zero-order valence-corrected chi connectivity index (χ0v) is 22.4. The molecule has 1 saturated heterocycles. The van der Waals surface area contributed by atoms with Gasteiger partial charge in [0.1, 0.15) is 5.82 Å². The van der Waals surface area contributed by atoms with Gasteiger partial charge in [0, 0.05) is 8.80 Å². The van der Waals surface area contributed by atoms with E-state index in [1.165, 1.54) is 69.4 Å². The maximum absolute atomic E-state index is 13.8. The monoisotopic (exact) mass is 484 g/mol. The molecule has 3 heteroatoms. The van der Waals surface area contributed by atoms with Crippen molar-refractivity contribution < 1.29 is 4.39 Å². The van der Waals surface area contributed by atoms with Crippen molar-refractivity contribution in [1.29, 1.82) is 0 Å². The number of hydrogen-bond acceptors (Lipinski definition) is 0. The first kappa shape index (κ1) is 25.0. The Balaban J connectivity index is 1.18.